The molecule has 3 heteroatoms. The molecule has 0 heterocycles. The smallest absolute Gasteiger partial charge is 0.0344 e. The first-order valence-electron chi connectivity index (χ1n) is 7.29. The minimum atomic E-state index is 0.275. The van der Waals surface area contributed by atoms with Gasteiger partial charge in [-0.05, 0) is 44.9 Å². The number of aryl methyl sites for hydroxylation is 3. The molecule has 1 unspecified atom stereocenters. The van der Waals surface area contributed by atoms with Gasteiger partial charge < -0.3 is 0 Å². The average Bonchev–Trinajstić information content (AvgIpc) is 2.44. The molecule has 0 aliphatic heterocycles. The van der Waals surface area contributed by atoms with Crippen LogP contribution in [0.2, 0.25) is 0 Å². The van der Waals surface area contributed by atoms with E-state index in [-0.39, 0.29) is 6.04 Å². The van der Waals surface area contributed by atoms with Crippen LogP contribution in [0, 0.1) is 20.8 Å². The molecule has 0 saturated carbocycles. The second kappa shape index (κ2) is 7.64. The summed E-state index contributed by atoms with van der Waals surface area (Å²) < 4.78 is 0. The topological polar surface area (TPSA) is 38.0 Å². The maximum atomic E-state index is 5.72. The Morgan fingerprint density at radius 2 is 1.57 bits per heavy atom. The molecule has 0 fully saturated rings. The van der Waals surface area contributed by atoms with Gasteiger partial charge in [-0.1, -0.05) is 47.0 Å². The fourth-order valence-corrected chi connectivity index (χ4v) is 3.40. The van der Waals surface area contributed by atoms with Crippen LogP contribution in [0.5, 0.6) is 0 Å². The van der Waals surface area contributed by atoms with E-state index < -0.39 is 0 Å². The molecule has 0 spiro atoms. The Labute approximate surface area is 132 Å². The molecule has 21 heavy (non-hydrogen) atoms. The third kappa shape index (κ3) is 5.20. The van der Waals surface area contributed by atoms with Gasteiger partial charge in [0.15, 0.2) is 0 Å². The van der Waals surface area contributed by atoms with Crippen molar-refractivity contribution in [1.29, 1.82) is 0 Å². The molecular weight excluding hydrogens is 276 g/mol. The van der Waals surface area contributed by atoms with Crippen LogP contribution in [0.1, 0.15) is 22.3 Å². The molecule has 0 saturated heterocycles. The van der Waals surface area contributed by atoms with E-state index in [1.807, 2.05) is 11.8 Å². The Morgan fingerprint density at radius 1 is 0.952 bits per heavy atom. The largest absolute Gasteiger partial charge is 0.271 e. The summed E-state index contributed by atoms with van der Waals surface area (Å²) in [5.74, 6) is 6.69. The van der Waals surface area contributed by atoms with Crippen molar-refractivity contribution in [2.75, 3.05) is 5.75 Å². The highest BCUT2D eigenvalue weighted by atomic mass is 32.2. The first-order valence-corrected chi connectivity index (χ1v) is 8.28. The standard InChI is InChI=1S/C18H24N2S/c1-13-4-6-18(7-5-13)21-12-17(20-19)11-16-9-14(2)8-15(3)10-16/h4-10,17,20H,11-12,19H2,1-3H3. The molecule has 112 valence electrons. The van der Waals surface area contributed by atoms with Crippen LogP contribution in [0.25, 0.3) is 0 Å². The van der Waals surface area contributed by atoms with Crippen molar-refractivity contribution in [3.8, 4) is 0 Å². The molecule has 0 aromatic heterocycles. The Balaban J connectivity index is 1.95. The molecule has 0 aliphatic carbocycles. The Morgan fingerprint density at radius 3 is 2.14 bits per heavy atom. The number of rotatable bonds is 6. The van der Waals surface area contributed by atoms with Crippen molar-refractivity contribution < 1.29 is 0 Å². The van der Waals surface area contributed by atoms with Crippen LogP contribution < -0.4 is 11.3 Å². The van der Waals surface area contributed by atoms with Gasteiger partial charge in [0, 0.05) is 16.7 Å². The number of nitrogens with two attached hydrogens (primary N) is 1. The fourth-order valence-electron chi connectivity index (χ4n) is 2.47. The monoisotopic (exact) mass is 300 g/mol. The van der Waals surface area contributed by atoms with Crippen molar-refractivity contribution in [3.63, 3.8) is 0 Å². The highest BCUT2D eigenvalue weighted by Crippen LogP contribution is 2.20. The molecule has 2 aromatic carbocycles. The number of thioether (sulfide) groups is 1. The van der Waals surface area contributed by atoms with Crippen LogP contribution >= 0.6 is 11.8 Å². The van der Waals surface area contributed by atoms with Crippen LogP contribution in [0.3, 0.4) is 0 Å². The first-order chi connectivity index (χ1) is 10.1. The van der Waals surface area contributed by atoms with Crippen LogP contribution in [-0.2, 0) is 6.42 Å². The van der Waals surface area contributed by atoms with Gasteiger partial charge in [-0.2, -0.15) is 0 Å². The third-order valence-electron chi connectivity index (χ3n) is 3.47. The van der Waals surface area contributed by atoms with Gasteiger partial charge >= 0.3 is 0 Å². The highest BCUT2D eigenvalue weighted by molar-refractivity contribution is 7.99. The van der Waals surface area contributed by atoms with Crippen molar-refractivity contribution in [3.05, 3.63) is 64.7 Å². The van der Waals surface area contributed by atoms with E-state index in [0.717, 1.165) is 12.2 Å². The summed E-state index contributed by atoms with van der Waals surface area (Å²) in [6.07, 6.45) is 0.956. The SMILES string of the molecule is Cc1ccc(SCC(Cc2cc(C)cc(C)c2)NN)cc1. The predicted molar refractivity (Wildman–Crippen MR) is 92.6 cm³/mol. The summed E-state index contributed by atoms with van der Waals surface area (Å²) >= 11 is 1.85. The van der Waals surface area contributed by atoms with Crippen molar-refractivity contribution in [2.45, 2.75) is 38.1 Å². The molecule has 1 atom stereocenters. The number of hydrazine groups is 1. The molecular formula is C18H24N2S. The molecule has 2 rings (SSSR count). The zero-order valence-corrected chi connectivity index (χ0v) is 13.8. The number of hydrogen-bond donors (Lipinski definition) is 2. The number of benzene rings is 2. The van der Waals surface area contributed by atoms with Gasteiger partial charge in [-0.3, -0.25) is 11.3 Å². The molecule has 0 bridgehead atoms. The van der Waals surface area contributed by atoms with E-state index in [9.17, 15) is 0 Å². The summed E-state index contributed by atoms with van der Waals surface area (Å²) in [4.78, 5) is 1.29. The van der Waals surface area contributed by atoms with E-state index in [2.05, 4.69) is 68.7 Å². The quantitative estimate of drug-likeness (QED) is 0.484. The van der Waals surface area contributed by atoms with Crippen molar-refractivity contribution in [2.24, 2.45) is 5.84 Å². The van der Waals surface area contributed by atoms with Gasteiger partial charge in [0.05, 0.1) is 0 Å². The van der Waals surface area contributed by atoms with Gasteiger partial charge in [-0.25, -0.2) is 0 Å². The second-order valence-corrected chi connectivity index (χ2v) is 6.78. The summed E-state index contributed by atoms with van der Waals surface area (Å²) in [6.45, 7) is 6.39. The van der Waals surface area contributed by atoms with Crippen LogP contribution in [0.15, 0.2) is 47.4 Å². The van der Waals surface area contributed by atoms with Crippen molar-refractivity contribution >= 4 is 11.8 Å². The van der Waals surface area contributed by atoms with E-state index in [1.54, 1.807) is 0 Å². The van der Waals surface area contributed by atoms with Crippen molar-refractivity contribution in [1.82, 2.24) is 5.43 Å². The van der Waals surface area contributed by atoms with Gasteiger partial charge in [-0.15, -0.1) is 11.8 Å². The lowest BCUT2D eigenvalue weighted by Gasteiger charge is -2.16. The van der Waals surface area contributed by atoms with E-state index in [1.165, 1.54) is 27.1 Å². The van der Waals surface area contributed by atoms with E-state index >= 15 is 0 Å². The van der Waals surface area contributed by atoms with E-state index in [0.29, 0.717) is 0 Å². The Hall–Kier alpha value is -1.29. The zero-order chi connectivity index (χ0) is 15.2. The average molecular weight is 300 g/mol. The van der Waals surface area contributed by atoms with Crippen LogP contribution in [0.4, 0.5) is 0 Å². The lowest BCUT2D eigenvalue weighted by Crippen LogP contribution is -2.38. The Bertz CT molecular complexity index is 558. The summed E-state index contributed by atoms with van der Waals surface area (Å²) in [5, 5.41) is 0. The third-order valence-corrected chi connectivity index (χ3v) is 4.65. The normalized spacial score (nSPS) is 12.4. The van der Waals surface area contributed by atoms with E-state index in [4.69, 9.17) is 5.84 Å². The second-order valence-electron chi connectivity index (χ2n) is 5.69. The number of nitrogens with one attached hydrogen (secondary N) is 1. The predicted octanol–water partition coefficient (Wildman–Crippen LogP) is 3.78. The molecule has 0 radical (unpaired) electrons. The molecule has 3 N–H and O–H groups in total. The fraction of sp³-hybridized carbons (Fsp3) is 0.333. The summed E-state index contributed by atoms with van der Waals surface area (Å²) in [7, 11) is 0. The maximum Gasteiger partial charge on any atom is 0.0344 e. The van der Waals surface area contributed by atoms with Gasteiger partial charge in [0.1, 0.15) is 0 Å². The zero-order valence-electron chi connectivity index (χ0n) is 13.0. The lowest BCUT2D eigenvalue weighted by atomic mass is 10.0. The molecule has 2 nitrogen and oxygen atoms in total. The molecule has 2 aromatic rings. The number of hydrogen-bond acceptors (Lipinski definition) is 3. The summed E-state index contributed by atoms with van der Waals surface area (Å²) in [5.41, 5.74) is 8.22. The molecule has 0 amide bonds. The molecule has 0 aliphatic rings. The minimum Gasteiger partial charge on any atom is -0.271 e. The summed E-state index contributed by atoms with van der Waals surface area (Å²) in [6, 6.07) is 15.6. The van der Waals surface area contributed by atoms with Crippen LogP contribution in [-0.4, -0.2) is 11.8 Å². The Kier molecular flexibility index (Phi) is 5.85. The van der Waals surface area contributed by atoms with Gasteiger partial charge in [0.2, 0.25) is 0 Å². The van der Waals surface area contributed by atoms with Gasteiger partial charge in [0.25, 0.3) is 0 Å². The highest BCUT2D eigenvalue weighted by Gasteiger charge is 2.09. The first kappa shape index (κ1) is 16.1. The lowest BCUT2D eigenvalue weighted by molar-refractivity contribution is 0.575. The minimum absolute atomic E-state index is 0.275. The maximum absolute atomic E-state index is 5.72.